The average molecular weight is 1580 g/mol. The largest absolute Gasteiger partial charge is 0.445 e. The zero-order valence-electron chi connectivity index (χ0n) is 64.7. The number of nitrogens with zero attached hydrogens (tertiary/aromatic N) is 2. The summed E-state index contributed by atoms with van der Waals surface area (Å²) in [7, 11) is 0. The predicted molar refractivity (Wildman–Crippen MR) is 396 cm³/mol. The van der Waals surface area contributed by atoms with Crippen LogP contribution >= 0.6 is 0 Å². The van der Waals surface area contributed by atoms with Gasteiger partial charge >= 0.3 is 42.0 Å². The number of carbonyl (C=O) groups is 13. The van der Waals surface area contributed by atoms with Crippen LogP contribution in [0.2, 0.25) is 0 Å². The Labute approximate surface area is 654 Å². The van der Waals surface area contributed by atoms with Crippen molar-refractivity contribution < 1.29 is 119 Å². The first-order valence-corrected chi connectivity index (χ1v) is 38.0. The molecule has 5 fully saturated rings. The number of esters is 5. The van der Waals surface area contributed by atoms with Gasteiger partial charge in [-0.15, -0.1) is 0 Å². The standard InChI is InChI=1S/C25H33N3O7.C19H22N2O6.3C11H16N2O4/c1-5-33-23-17(14-19(29)35-23)26-21(30)18-12-9-13-28(18)22(31)20(25(2,3)4)27-24(32)34-15-16-10-7-6-8-11-16;1-2-25-18-14(11-16(22)27-18)20-17(23)15-9-6-10-21(15)19(24)26-12-13-7-4-3-5-8-13;3*1-2-16-11-8(6-9(14)17-11)13-10(15)7-4-3-5-12-7/h6-8,10-11,14,18,20,23H,5,9,12-13,15H2,1-4H3,(H,26,30)(H,27,32);3-5,7-8,11,15,18H,2,6,9-10,12H2,1H3,(H,20,23);3*6-7,11-12H,2-5H2,1H3,(H,13,15)/t18-,20+,23+;15-,18+;3*7-,11+/m00000/s1. The third kappa shape index (κ3) is 26.9. The van der Waals surface area contributed by atoms with Crippen molar-refractivity contribution in [2.24, 2.45) is 5.41 Å². The molecular formula is C77H103N11O25. The summed E-state index contributed by atoms with van der Waals surface area (Å²) in [5.41, 5.74) is 2.67. The molecule has 0 bridgehead atoms. The van der Waals surface area contributed by atoms with Crippen LogP contribution in [0.4, 0.5) is 9.59 Å². The molecule has 2 aromatic carbocycles. The molecule has 0 unspecified atom stereocenters. The average Bonchev–Trinajstić information content (AvgIpc) is 1.77. The molecule has 10 aliphatic rings. The lowest BCUT2D eigenvalue weighted by Crippen LogP contribution is -2.57. The summed E-state index contributed by atoms with van der Waals surface area (Å²) >= 11 is 0. The van der Waals surface area contributed by atoms with Crippen LogP contribution in [0, 0.1) is 5.41 Å². The zero-order valence-corrected chi connectivity index (χ0v) is 64.7. The van der Waals surface area contributed by atoms with Crippen molar-refractivity contribution in [3.63, 3.8) is 0 Å². The molecule has 36 heteroatoms. The second-order valence-corrected chi connectivity index (χ2v) is 27.6. The molecule has 2 aromatic rings. The van der Waals surface area contributed by atoms with Gasteiger partial charge in [-0.3, -0.25) is 33.7 Å². The van der Waals surface area contributed by atoms with E-state index in [0.29, 0.717) is 88.9 Å². The van der Waals surface area contributed by atoms with Gasteiger partial charge in [-0.25, -0.2) is 33.6 Å². The topological polar surface area (TPSA) is 447 Å². The molecule has 0 aliphatic carbocycles. The number of benzene rings is 2. The number of carbonyl (C=O) groups excluding carboxylic acids is 13. The monoisotopic (exact) mass is 1580 g/mol. The predicted octanol–water partition coefficient (Wildman–Crippen LogP) is 2.92. The fraction of sp³-hybridized carbons (Fsp3) is 0.545. The number of alkyl carbamates (subject to hydrolysis) is 1. The lowest BCUT2D eigenvalue weighted by Gasteiger charge is -2.35. The minimum absolute atomic E-state index is 0.0728. The Bertz CT molecular complexity index is 3670. The summed E-state index contributed by atoms with van der Waals surface area (Å²) < 4.78 is 61.5. The van der Waals surface area contributed by atoms with Gasteiger partial charge in [0.05, 0.1) is 46.6 Å². The van der Waals surface area contributed by atoms with Crippen LogP contribution in [0.3, 0.4) is 0 Å². The van der Waals surface area contributed by atoms with Crippen molar-refractivity contribution in [3.8, 4) is 0 Å². The van der Waals surface area contributed by atoms with Crippen LogP contribution in [-0.2, 0) is 123 Å². The van der Waals surface area contributed by atoms with Crippen molar-refractivity contribution in [2.45, 2.75) is 201 Å². The molecule has 36 nitrogen and oxygen atoms in total. The van der Waals surface area contributed by atoms with Gasteiger partial charge < -0.3 is 110 Å². The van der Waals surface area contributed by atoms with E-state index in [0.717, 1.165) is 69.3 Å². The van der Waals surface area contributed by atoms with Crippen LogP contribution in [0.5, 0.6) is 0 Å². The third-order valence-corrected chi connectivity index (χ3v) is 18.2. The van der Waals surface area contributed by atoms with E-state index in [-0.39, 0.29) is 66.4 Å². The fourth-order valence-corrected chi connectivity index (χ4v) is 12.8. The molecule has 616 valence electrons. The Morgan fingerprint density at radius 3 is 1.02 bits per heavy atom. The molecule has 5 saturated heterocycles. The number of rotatable bonds is 26. The van der Waals surface area contributed by atoms with E-state index in [1.807, 2.05) is 81.4 Å². The smallest absolute Gasteiger partial charge is 0.410 e. The van der Waals surface area contributed by atoms with Gasteiger partial charge in [0.15, 0.2) is 0 Å². The molecule has 11 atom stereocenters. The summed E-state index contributed by atoms with van der Waals surface area (Å²) in [6.45, 7) is 19.8. The Morgan fingerprint density at radius 1 is 0.416 bits per heavy atom. The highest BCUT2D eigenvalue weighted by Gasteiger charge is 2.44. The summed E-state index contributed by atoms with van der Waals surface area (Å²) in [6, 6.07) is 15.7. The van der Waals surface area contributed by atoms with E-state index in [1.165, 1.54) is 40.2 Å². The zero-order chi connectivity index (χ0) is 81.6. The Balaban J connectivity index is 0.000000183. The van der Waals surface area contributed by atoms with Gasteiger partial charge in [0, 0.05) is 76.5 Å². The van der Waals surface area contributed by atoms with Crippen molar-refractivity contribution in [3.05, 3.63) is 131 Å². The van der Waals surface area contributed by atoms with Gasteiger partial charge in [-0.05, 0) is 135 Å². The lowest BCUT2D eigenvalue weighted by molar-refractivity contribution is -0.160. The van der Waals surface area contributed by atoms with Crippen LogP contribution in [0.15, 0.2) is 120 Å². The van der Waals surface area contributed by atoms with E-state index in [4.69, 9.17) is 56.8 Å². The Kier molecular flexibility index (Phi) is 34.4. The van der Waals surface area contributed by atoms with E-state index in [2.05, 4.69) is 47.9 Å². The van der Waals surface area contributed by atoms with E-state index >= 15 is 0 Å². The quantitative estimate of drug-likeness (QED) is 0.0483. The molecule has 0 radical (unpaired) electrons. The number of likely N-dealkylation sites (tertiary alicyclic amines) is 2. The maximum absolute atomic E-state index is 13.5. The number of hydrogen-bond acceptors (Lipinski definition) is 28. The van der Waals surface area contributed by atoms with Crippen molar-refractivity contribution in [1.82, 2.24) is 57.7 Å². The van der Waals surface area contributed by atoms with Crippen LogP contribution < -0.4 is 47.9 Å². The van der Waals surface area contributed by atoms with Crippen molar-refractivity contribution in [1.29, 1.82) is 0 Å². The minimum atomic E-state index is -0.981. The van der Waals surface area contributed by atoms with Gasteiger partial charge in [0.1, 0.15) is 31.3 Å². The third-order valence-electron chi connectivity index (χ3n) is 18.2. The molecule has 10 aliphatic heterocycles. The van der Waals surface area contributed by atoms with Crippen molar-refractivity contribution >= 4 is 77.5 Å². The Hall–Kier alpha value is -10.5. The summed E-state index contributed by atoms with van der Waals surface area (Å²) in [5.74, 6) is -4.28. The van der Waals surface area contributed by atoms with E-state index < -0.39 is 109 Å². The molecule has 0 aromatic heterocycles. The molecule has 9 N–H and O–H groups in total. The first-order valence-electron chi connectivity index (χ1n) is 38.0. The minimum Gasteiger partial charge on any atom is -0.445 e. The second-order valence-electron chi connectivity index (χ2n) is 27.6. The first-order chi connectivity index (χ1) is 54.3. The number of hydrogen-bond donors (Lipinski definition) is 9. The number of nitrogens with one attached hydrogen (secondary N) is 9. The molecule has 12 rings (SSSR count). The van der Waals surface area contributed by atoms with Gasteiger partial charge in [0.25, 0.3) is 0 Å². The van der Waals surface area contributed by atoms with Crippen LogP contribution in [0.1, 0.15) is 131 Å². The Morgan fingerprint density at radius 2 is 0.717 bits per heavy atom. The lowest BCUT2D eigenvalue weighted by atomic mass is 9.85. The number of ether oxygens (including phenoxy) is 12. The first kappa shape index (κ1) is 88.1. The maximum Gasteiger partial charge on any atom is 0.410 e. The second kappa shape index (κ2) is 44.1. The van der Waals surface area contributed by atoms with Gasteiger partial charge in [0.2, 0.25) is 66.9 Å². The molecule has 0 saturated carbocycles. The molecule has 10 heterocycles. The van der Waals surface area contributed by atoms with Crippen LogP contribution in [-0.4, -0.2) is 221 Å². The summed E-state index contributed by atoms with van der Waals surface area (Å²) in [6.07, 6.45) is 8.33. The number of amides is 8. The van der Waals surface area contributed by atoms with Gasteiger partial charge in [-0.1, -0.05) is 81.4 Å². The van der Waals surface area contributed by atoms with Crippen LogP contribution in [0.25, 0.3) is 0 Å². The number of cyclic esters (lactones) is 5. The normalized spacial score (nSPS) is 24.1. The summed E-state index contributed by atoms with van der Waals surface area (Å²) in [4.78, 5) is 159. The molecule has 0 spiro atoms. The summed E-state index contributed by atoms with van der Waals surface area (Å²) in [5, 5.41) is 25.3. The molecule has 8 amide bonds. The SMILES string of the molecule is CCO[C@@H]1OC(=O)C=C1NC(=O)[C@@H]1CCCN1.CCO[C@@H]1OC(=O)C=C1NC(=O)[C@@H]1CCCN1.CCO[C@@H]1OC(=O)C=C1NC(=O)[C@@H]1CCCN1.CCO[C@@H]1OC(=O)C=C1NC(=O)[C@@H]1CCCN1C(=O)OCc1ccccc1.CCO[C@@H]1OC(=O)C=C1NC(=O)[C@@H]1CCCN1C(=O)[C@@H](NC(=O)OCc1ccccc1)C(C)(C)C. The highest BCUT2D eigenvalue weighted by molar-refractivity contribution is 5.95. The highest BCUT2D eigenvalue weighted by atomic mass is 16.7. The van der Waals surface area contributed by atoms with Gasteiger partial charge in [-0.2, -0.15) is 0 Å². The molecular weight excluding hydrogens is 1480 g/mol. The maximum atomic E-state index is 13.5. The van der Waals surface area contributed by atoms with Crippen molar-refractivity contribution in [2.75, 3.05) is 65.8 Å². The van der Waals surface area contributed by atoms with E-state index in [9.17, 15) is 62.3 Å². The molecule has 113 heavy (non-hydrogen) atoms. The fourth-order valence-electron chi connectivity index (χ4n) is 12.8. The van der Waals surface area contributed by atoms with E-state index in [1.54, 1.807) is 34.6 Å². The highest BCUT2D eigenvalue weighted by Crippen LogP contribution is 2.29.